The molecule has 0 spiro atoms. The van der Waals surface area contributed by atoms with E-state index in [1.807, 2.05) is 6.26 Å². The molecule has 3 atom stereocenters. The van der Waals surface area contributed by atoms with Gasteiger partial charge in [-0.3, -0.25) is 14.5 Å². The number of ether oxygens (including phenoxy) is 3. The summed E-state index contributed by atoms with van der Waals surface area (Å²) in [6, 6.07) is -0.980. The van der Waals surface area contributed by atoms with Crippen LogP contribution in [0, 0.1) is 0 Å². The van der Waals surface area contributed by atoms with Gasteiger partial charge in [-0.1, -0.05) is 5.16 Å². The molecule has 13 nitrogen and oxygen atoms in total. The van der Waals surface area contributed by atoms with Crippen LogP contribution in [0.15, 0.2) is 21.8 Å². The van der Waals surface area contributed by atoms with E-state index >= 15 is 0 Å². The average Bonchev–Trinajstić information content (AvgIpc) is 3.23. The summed E-state index contributed by atoms with van der Waals surface area (Å²) in [5.74, 6) is -1.34. The Morgan fingerprint density at radius 1 is 1.43 bits per heavy atom. The minimum atomic E-state index is -1.25. The normalized spacial score (nSPS) is 20.5. The molecule has 0 aliphatic carbocycles. The van der Waals surface area contributed by atoms with Gasteiger partial charge in [0.25, 0.3) is 11.8 Å². The number of hydrogen-bond donors (Lipinski definition) is 3. The van der Waals surface area contributed by atoms with Crippen LogP contribution in [-0.2, 0) is 28.6 Å². The number of carbonyl (C=O) groups excluding carboxylic acids is 4. The zero-order valence-electron chi connectivity index (χ0n) is 18.9. The lowest BCUT2D eigenvalue weighted by molar-refractivity contribution is -0.168. The van der Waals surface area contributed by atoms with Gasteiger partial charge in [0, 0.05) is 23.8 Å². The topological polar surface area (TPSA) is 183 Å². The van der Waals surface area contributed by atoms with Crippen LogP contribution >= 0.6 is 34.9 Å². The van der Waals surface area contributed by atoms with Gasteiger partial charge in [0.15, 0.2) is 10.8 Å². The molecule has 1 aromatic rings. The average molecular weight is 546 g/mol. The molecule has 16 heteroatoms. The molecule has 0 bridgehead atoms. The van der Waals surface area contributed by atoms with Crippen molar-refractivity contribution in [1.29, 1.82) is 0 Å². The number of rotatable bonds is 9. The molecule has 2 unspecified atom stereocenters. The van der Waals surface area contributed by atoms with Gasteiger partial charge in [0.2, 0.25) is 6.29 Å². The van der Waals surface area contributed by atoms with Crippen molar-refractivity contribution in [3.8, 4) is 0 Å². The van der Waals surface area contributed by atoms with Gasteiger partial charge >= 0.3 is 12.1 Å². The number of nitrogens with two attached hydrogens (primary N) is 1. The number of fused-ring (bicyclic) bond motifs is 1. The Hall–Kier alpha value is -2.98. The van der Waals surface area contributed by atoms with Crippen LogP contribution in [0.1, 0.15) is 19.5 Å². The Balaban J connectivity index is 1.73. The summed E-state index contributed by atoms with van der Waals surface area (Å²) in [5.41, 5.74) is 5.95. The number of nitrogens with zero attached hydrogens (tertiary/aromatic N) is 3. The van der Waals surface area contributed by atoms with Crippen LogP contribution in [-0.4, -0.2) is 86.8 Å². The summed E-state index contributed by atoms with van der Waals surface area (Å²) in [6.45, 7) is 3.04. The van der Waals surface area contributed by atoms with E-state index < -0.39 is 47.4 Å². The third kappa shape index (κ3) is 5.82. The first-order valence-electron chi connectivity index (χ1n) is 10.2. The maximum absolute atomic E-state index is 13.0. The van der Waals surface area contributed by atoms with Crippen molar-refractivity contribution < 1.29 is 38.6 Å². The summed E-state index contributed by atoms with van der Waals surface area (Å²) >= 11 is 3.88. The minimum absolute atomic E-state index is 0.0428. The molecular weight excluding hydrogens is 522 g/mol. The Morgan fingerprint density at radius 3 is 2.77 bits per heavy atom. The fourth-order valence-electron chi connectivity index (χ4n) is 3.29. The number of carbonyl (C=O) groups is 4. The predicted octanol–water partition coefficient (Wildman–Crippen LogP) is 0.983. The highest BCUT2D eigenvalue weighted by Crippen LogP contribution is 2.41. The molecule has 1 saturated heterocycles. The highest BCUT2D eigenvalue weighted by atomic mass is 32.2. The van der Waals surface area contributed by atoms with Crippen molar-refractivity contribution in [2.45, 2.75) is 31.6 Å². The molecule has 0 aromatic carbocycles. The molecular formula is C19H23N5O8S3. The van der Waals surface area contributed by atoms with Gasteiger partial charge < -0.3 is 30.5 Å². The largest absolute Gasteiger partial charge is 0.511 e. The quantitative estimate of drug-likeness (QED) is 0.1000. The molecule has 2 amide bonds. The first kappa shape index (κ1) is 26.6. The van der Waals surface area contributed by atoms with Gasteiger partial charge in [0.05, 0.1) is 6.61 Å². The minimum Gasteiger partial charge on any atom is -0.435 e. The van der Waals surface area contributed by atoms with E-state index in [0.717, 1.165) is 11.3 Å². The number of esters is 1. The summed E-state index contributed by atoms with van der Waals surface area (Å²) in [6.07, 6.45) is -0.395. The summed E-state index contributed by atoms with van der Waals surface area (Å²) in [7, 11) is 0. The number of oxime groups is 1. The molecule has 0 saturated carbocycles. The van der Waals surface area contributed by atoms with E-state index in [0.29, 0.717) is 17.1 Å². The second-order valence-corrected chi connectivity index (χ2v) is 9.90. The smallest absolute Gasteiger partial charge is 0.435 e. The van der Waals surface area contributed by atoms with Crippen molar-refractivity contribution in [3.63, 3.8) is 0 Å². The van der Waals surface area contributed by atoms with Gasteiger partial charge in [-0.2, -0.15) is 11.8 Å². The third-order valence-electron chi connectivity index (χ3n) is 4.72. The second-order valence-electron chi connectivity index (χ2n) is 7.04. The fourth-order valence-corrected chi connectivity index (χ4v) is 5.90. The Kier molecular flexibility index (Phi) is 8.85. The van der Waals surface area contributed by atoms with Crippen LogP contribution in [0.25, 0.3) is 0 Å². The van der Waals surface area contributed by atoms with E-state index in [-0.39, 0.29) is 23.1 Å². The zero-order valence-corrected chi connectivity index (χ0v) is 21.3. The van der Waals surface area contributed by atoms with Crippen molar-refractivity contribution in [2.24, 2.45) is 5.16 Å². The predicted molar refractivity (Wildman–Crippen MR) is 129 cm³/mol. The maximum Gasteiger partial charge on any atom is 0.511 e. The molecule has 2 aliphatic rings. The van der Waals surface area contributed by atoms with Gasteiger partial charge in [-0.25, -0.2) is 14.6 Å². The standard InChI is InChI=1S/C19H23N5O8S3/c1-4-30-19(28)32-8(2)31-17(27)13-9(5-33-3)6-34-16-12(15(26)24(13)16)22-14(25)11(23-29)10-7-35-18(20)21-10/h7-8,12,16,29H,4-6H2,1-3H3,(H2,20,21)(H,22,25)/t8?,12?,16-/m1/s1. The molecule has 35 heavy (non-hydrogen) atoms. The lowest BCUT2D eigenvalue weighted by Crippen LogP contribution is -2.71. The molecule has 0 radical (unpaired) electrons. The van der Waals surface area contributed by atoms with E-state index in [4.69, 9.17) is 15.2 Å². The summed E-state index contributed by atoms with van der Waals surface area (Å²) in [4.78, 5) is 55.3. The van der Waals surface area contributed by atoms with Crippen LogP contribution in [0.2, 0.25) is 0 Å². The molecule has 4 N–H and O–H groups in total. The fraction of sp³-hybridized carbons (Fsp3) is 0.474. The van der Waals surface area contributed by atoms with Gasteiger partial charge in [0.1, 0.15) is 22.8 Å². The van der Waals surface area contributed by atoms with E-state index in [9.17, 15) is 24.4 Å². The van der Waals surface area contributed by atoms with Gasteiger partial charge in [-0.05, 0) is 18.8 Å². The molecule has 3 rings (SSSR count). The maximum atomic E-state index is 13.0. The van der Waals surface area contributed by atoms with Crippen LogP contribution in [0.4, 0.5) is 9.93 Å². The number of hydrogen-bond acceptors (Lipinski definition) is 14. The van der Waals surface area contributed by atoms with E-state index in [2.05, 4.69) is 20.2 Å². The number of β-lactam (4-membered cyclic amide) rings is 1. The van der Waals surface area contributed by atoms with Crippen molar-refractivity contribution in [3.05, 3.63) is 22.3 Å². The van der Waals surface area contributed by atoms with Crippen LogP contribution in [0.5, 0.6) is 0 Å². The van der Waals surface area contributed by atoms with E-state index in [1.54, 1.807) is 6.92 Å². The Morgan fingerprint density at radius 2 is 2.17 bits per heavy atom. The highest BCUT2D eigenvalue weighted by Gasteiger charge is 2.54. The van der Waals surface area contributed by atoms with Crippen molar-refractivity contribution in [2.75, 3.05) is 30.1 Å². The number of aromatic nitrogens is 1. The van der Waals surface area contributed by atoms with Crippen molar-refractivity contribution in [1.82, 2.24) is 15.2 Å². The molecule has 1 aromatic heterocycles. The van der Waals surface area contributed by atoms with Crippen LogP contribution < -0.4 is 11.1 Å². The van der Waals surface area contributed by atoms with Gasteiger partial charge in [-0.15, -0.1) is 23.1 Å². The number of thioether (sulfide) groups is 2. The molecule has 2 aliphatic heterocycles. The number of anilines is 1. The lowest BCUT2D eigenvalue weighted by atomic mass is 10.0. The number of nitrogens with one attached hydrogen (secondary N) is 1. The molecule has 3 heterocycles. The lowest BCUT2D eigenvalue weighted by Gasteiger charge is -2.49. The molecule has 1 fully saturated rings. The monoisotopic (exact) mass is 545 g/mol. The zero-order chi connectivity index (χ0) is 25.7. The van der Waals surface area contributed by atoms with E-state index in [1.165, 1.54) is 40.7 Å². The summed E-state index contributed by atoms with van der Waals surface area (Å²) < 4.78 is 14.8. The first-order valence-corrected chi connectivity index (χ1v) is 13.5. The number of thiazole rings is 1. The SMILES string of the molecule is CCOC(=O)OC(C)OC(=O)C1=C(CSC)CS[C@@H]2C(NC(=O)C(=NO)c3csc(N)n3)C(=O)N12. The Bertz CT molecular complexity index is 1070. The highest BCUT2D eigenvalue weighted by molar-refractivity contribution is 8.00. The second kappa shape index (κ2) is 11.6. The number of nitrogen functional groups attached to an aromatic ring is 1. The van der Waals surface area contributed by atoms with Crippen LogP contribution in [0.3, 0.4) is 0 Å². The molecule has 190 valence electrons. The Labute approximate surface area is 212 Å². The summed E-state index contributed by atoms with van der Waals surface area (Å²) in [5, 5.41) is 15.8. The first-order chi connectivity index (χ1) is 16.7. The van der Waals surface area contributed by atoms with Crippen molar-refractivity contribution >= 4 is 69.6 Å². The number of amides is 2. The third-order valence-corrected chi connectivity index (χ3v) is 7.37.